The van der Waals surface area contributed by atoms with Gasteiger partial charge in [0.1, 0.15) is 40.4 Å². The van der Waals surface area contributed by atoms with E-state index >= 15 is 0 Å². The van der Waals surface area contributed by atoms with Crippen molar-refractivity contribution >= 4 is 17.6 Å². The summed E-state index contributed by atoms with van der Waals surface area (Å²) in [5.41, 5.74) is 8.47. The smallest absolute Gasteiger partial charge is 0.143 e. The van der Waals surface area contributed by atoms with Gasteiger partial charge < -0.3 is 20.6 Å². The molecule has 0 aliphatic heterocycles. The molecule has 4 N–H and O–H groups in total. The molecule has 2 aromatic heterocycles. The molecule has 1 fully saturated rings. The number of imidazole rings is 1. The number of aromatic nitrogens is 3. The van der Waals surface area contributed by atoms with Crippen LogP contribution in [0.15, 0.2) is 41.8 Å². The zero-order valence-corrected chi connectivity index (χ0v) is 17.4. The molecule has 1 aliphatic rings. The fourth-order valence-electron chi connectivity index (χ4n) is 3.62. The molecule has 4 rings (SSSR count). The van der Waals surface area contributed by atoms with Crippen LogP contribution in [0.5, 0.6) is 5.75 Å². The molecule has 0 unspecified atom stereocenters. The number of benzene rings is 1. The van der Waals surface area contributed by atoms with Crippen LogP contribution in [-0.2, 0) is 5.75 Å². The van der Waals surface area contributed by atoms with Gasteiger partial charge in [-0.15, -0.1) is 0 Å². The Kier molecular flexibility index (Phi) is 6.08. The molecule has 1 aliphatic carbocycles. The molecule has 1 saturated carbocycles. The number of ether oxygens (including phenoxy) is 1. The lowest BCUT2D eigenvalue weighted by Gasteiger charge is -2.18. The molecule has 0 radical (unpaired) electrons. The number of nitrogens with two attached hydrogens (primary N) is 1. The lowest BCUT2D eigenvalue weighted by Crippen LogP contribution is -2.25. The summed E-state index contributed by atoms with van der Waals surface area (Å²) >= 11 is 1.34. The van der Waals surface area contributed by atoms with E-state index < -0.39 is 6.10 Å². The predicted octanol–water partition coefficient (Wildman–Crippen LogP) is 3.38. The normalized spacial score (nSPS) is 17.8. The molecule has 8 nitrogen and oxygen atoms in total. The SMILES string of the molecule is N#Cc1c(N)nc(SCc2c[nH]cn2)c(C#N)c1-c1ccc(O[C@H]2CCC[C@@H]2O)cc1. The molecule has 0 saturated heterocycles. The van der Waals surface area contributed by atoms with Gasteiger partial charge in [0.05, 0.1) is 23.7 Å². The van der Waals surface area contributed by atoms with Crippen LogP contribution in [0.4, 0.5) is 5.82 Å². The van der Waals surface area contributed by atoms with Crippen molar-refractivity contribution in [2.45, 2.75) is 42.2 Å². The lowest BCUT2D eigenvalue weighted by molar-refractivity contribution is 0.0604. The average Bonchev–Trinajstić information content (AvgIpc) is 3.44. The number of aliphatic hydroxyl groups excluding tert-OH is 1. The molecule has 156 valence electrons. The number of rotatable bonds is 6. The fourth-order valence-corrected chi connectivity index (χ4v) is 4.52. The van der Waals surface area contributed by atoms with Crippen LogP contribution >= 0.6 is 11.8 Å². The van der Waals surface area contributed by atoms with Gasteiger partial charge in [-0.1, -0.05) is 23.9 Å². The van der Waals surface area contributed by atoms with E-state index in [-0.39, 0.29) is 17.5 Å². The number of nitrogens with one attached hydrogen (secondary N) is 1. The van der Waals surface area contributed by atoms with Crippen LogP contribution in [0.2, 0.25) is 0 Å². The topological polar surface area (TPSA) is 145 Å². The first kappa shape index (κ1) is 20.7. The third kappa shape index (κ3) is 4.33. The van der Waals surface area contributed by atoms with Crippen molar-refractivity contribution in [3.05, 3.63) is 53.6 Å². The second-order valence-electron chi connectivity index (χ2n) is 7.18. The van der Waals surface area contributed by atoms with Gasteiger partial charge in [0.15, 0.2) is 0 Å². The quantitative estimate of drug-likeness (QED) is 0.503. The molecule has 1 aromatic carbocycles. The summed E-state index contributed by atoms with van der Waals surface area (Å²) in [7, 11) is 0. The summed E-state index contributed by atoms with van der Waals surface area (Å²) < 4.78 is 5.89. The number of anilines is 1. The Hall–Kier alpha value is -3.53. The predicted molar refractivity (Wildman–Crippen MR) is 116 cm³/mol. The number of nitrogen functional groups attached to an aromatic ring is 1. The number of pyridine rings is 1. The van der Waals surface area contributed by atoms with Gasteiger partial charge in [0.2, 0.25) is 0 Å². The summed E-state index contributed by atoms with van der Waals surface area (Å²) in [6.07, 6.45) is 5.19. The maximum Gasteiger partial charge on any atom is 0.143 e. The van der Waals surface area contributed by atoms with E-state index in [0.29, 0.717) is 33.2 Å². The highest BCUT2D eigenvalue weighted by atomic mass is 32.2. The average molecular weight is 433 g/mol. The van der Waals surface area contributed by atoms with Crippen molar-refractivity contribution in [2.75, 3.05) is 5.73 Å². The van der Waals surface area contributed by atoms with Crippen molar-refractivity contribution in [3.63, 3.8) is 0 Å². The Balaban J connectivity index is 1.67. The van der Waals surface area contributed by atoms with Crippen LogP contribution in [0.3, 0.4) is 0 Å². The van der Waals surface area contributed by atoms with Gasteiger partial charge in [-0.05, 0) is 37.0 Å². The highest BCUT2D eigenvalue weighted by Crippen LogP contribution is 2.37. The third-order valence-corrected chi connectivity index (χ3v) is 6.18. The minimum atomic E-state index is -0.454. The Labute approximate surface area is 183 Å². The van der Waals surface area contributed by atoms with Crippen LogP contribution < -0.4 is 10.5 Å². The van der Waals surface area contributed by atoms with Crippen molar-refractivity contribution in [1.82, 2.24) is 15.0 Å². The van der Waals surface area contributed by atoms with Gasteiger partial charge in [0, 0.05) is 17.5 Å². The molecular formula is C22H20N6O2S. The maximum absolute atomic E-state index is 9.97. The summed E-state index contributed by atoms with van der Waals surface area (Å²) in [5.74, 6) is 1.21. The van der Waals surface area contributed by atoms with Crippen molar-refractivity contribution < 1.29 is 9.84 Å². The van der Waals surface area contributed by atoms with Crippen LogP contribution in [-0.4, -0.2) is 32.3 Å². The molecular weight excluding hydrogens is 412 g/mol. The van der Waals surface area contributed by atoms with Gasteiger partial charge in [-0.2, -0.15) is 10.5 Å². The minimum Gasteiger partial charge on any atom is -0.488 e. The molecule has 2 heterocycles. The second-order valence-corrected chi connectivity index (χ2v) is 8.14. The second kappa shape index (κ2) is 9.09. The maximum atomic E-state index is 9.97. The number of nitriles is 2. The third-order valence-electron chi connectivity index (χ3n) is 5.18. The van der Waals surface area contributed by atoms with E-state index in [1.807, 2.05) is 0 Å². The van der Waals surface area contributed by atoms with E-state index in [4.69, 9.17) is 10.5 Å². The molecule has 2 atom stereocenters. The Morgan fingerprint density at radius 3 is 2.58 bits per heavy atom. The highest BCUT2D eigenvalue weighted by molar-refractivity contribution is 7.98. The zero-order valence-electron chi connectivity index (χ0n) is 16.6. The lowest BCUT2D eigenvalue weighted by atomic mass is 9.97. The number of nitrogens with zero attached hydrogens (tertiary/aromatic N) is 4. The van der Waals surface area contributed by atoms with E-state index in [1.54, 1.807) is 36.8 Å². The van der Waals surface area contributed by atoms with Crippen LogP contribution in [0.1, 0.15) is 36.1 Å². The van der Waals surface area contributed by atoms with Crippen molar-refractivity contribution in [2.24, 2.45) is 0 Å². The molecule has 9 heteroatoms. The number of aliphatic hydroxyl groups is 1. The monoisotopic (exact) mass is 432 g/mol. The van der Waals surface area contributed by atoms with E-state index in [9.17, 15) is 15.6 Å². The van der Waals surface area contributed by atoms with Gasteiger partial charge >= 0.3 is 0 Å². The number of hydrogen-bond donors (Lipinski definition) is 3. The summed E-state index contributed by atoms with van der Waals surface area (Å²) in [5, 5.41) is 30.0. The van der Waals surface area contributed by atoms with E-state index in [0.717, 1.165) is 25.0 Å². The van der Waals surface area contributed by atoms with Crippen LogP contribution in [0.25, 0.3) is 11.1 Å². The van der Waals surface area contributed by atoms with E-state index in [2.05, 4.69) is 27.1 Å². The Bertz CT molecular complexity index is 1150. The zero-order chi connectivity index (χ0) is 21.8. The highest BCUT2D eigenvalue weighted by Gasteiger charge is 2.27. The Morgan fingerprint density at radius 2 is 1.97 bits per heavy atom. The minimum absolute atomic E-state index is 0.0791. The van der Waals surface area contributed by atoms with Gasteiger partial charge in [0.25, 0.3) is 0 Å². The van der Waals surface area contributed by atoms with Crippen LogP contribution in [0, 0.1) is 22.7 Å². The van der Waals surface area contributed by atoms with E-state index in [1.165, 1.54) is 11.8 Å². The number of hydrogen-bond acceptors (Lipinski definition) is 8. The molecule has 0 amide bonds. The standard InChI is InChI=1S/C22H20N6O2S/c23-8-16-20(13-4-6-15(7-5-13)30-19-3-1-2-18(19)29)17(9-24)22(28-21(16)25)31-11-14-10-26-12-27-14/h4-7,10,12,18-19,29H,1-3,11H2,(H2,25,28)(H,26,27)/t18-,19-/m0/s1. The first-order valence-corrected chi connectivity index (χ1v) is 10.8. The Morgan fingerprint density at radius 1 is 1.19 bits per heavy atom. The van der Waals surface area contributed by atoms with Crippen molar-refractivity contribution in [3.8, 4) is 29.0 Å². The molecule has 0 spiro atoms. The van der Waals surface area contributed by atoms with Crippen molar-refractivity contribution in [1.29, 1.82) is 10.5 Å². The summed E-state index contributed by atoms with van der Waals surface area (Å²) in [6, 6.07) is 11.4. The first-order chi connectivity index (χ1) is 15.1. The molecule has 0 bridgehead atoms. The summed E-state index contributed by atoms with van der Waals surface area (Å²) in [4.78, 5) is 11.4. The van der Waals surface area contributed by atoms with Gasteiger partial charge in [-0.25, -0.2) is 9.97 Å². The number of thioether (sulfide) groups is 1. The fraction of sp³-hybridized carbons (Fsp3) is 0.273. The van der Waals surface area contributed by atoms with Gasteiger partial charge in [-0.3, -0.25) is 0 Å². The molecule has 31 heavy (non-hydrogen) atoms. The molecule has 3 aromatic rings. The first-order valence-electron chi connectivity index (χ1n) is 9.80. The number of H-pyrrole nitrogens is 1. The number of aromatic amines is 1. The largest absolute Gasteiger partial charge is 0.488 e. The summed E-state index contributed by atoms with van der Waals surface area (Å²) in [6.45, 7) is 0.